The Hall–Kier alpha value is -4.50. The lowest BCUT2D eigenvalue weighted by atomic mass is 9.61. The molecule has 41 heavy (non-hydrogen) atoms. The lowest BCUT2D eigenvalue weighted by Crippen LogP contribution is -2.36. The summed E-state index contributed by atoms with van der Waals surface area (Å²) in [7, 11) is 0. The third-order valence-corrected chi connectivity index (χ3v) is 11.8. The first kappa shape index (κ1) is 20.4. The van der Waals surface area contributed by atoms with Crippen LogP contribution in [0, 0.1) is 11.8 Å². The van der Waals surface area contributed by atoms with Gasteiger partial charge in [-0.25, -0.2) is 0 Å². The van der Waals surface area contributed by atoms with Crippen molar-refractivity contribution in [1.29, 1.82) is 0 Å². The third kappa shape index (κ3) is 2.02. The largest absolute Gasteiger partial charge is 0.308 e. The van der Waals surface area contributed by atoms with Crippen LogP contribution in [0.3, 0.4) is 0 Å². The van der Waals surface area contributed by atoms with Gasteiger partial charge in [0.2, 0.25) is 0 Å². The van der Waals surface area contributed by atoms with Gasteiger partial charge in [0.25, 0.3) is 0 Å². The molecule has 0 saturated heterocycles. The molecule has 2 fully saturated rings. The molecule has 0 N–H and O–H groups in total. The van der Waals surface area contributed by atoms with Crippen LogP contribution in [-0.2, 0) is 0 Å². The fourth-order valence-electron chi connectivity index (χ4n) is 9.78. The Morgan fingerprint density at radius 2 is 1.02 bits per heavy atom. The second-order valence-electron chi connectivity index (χ2n) is 13.5. The molecule has 2 heterocycles. The van der Waals surface area contributed by atoms with Gasteiger partial charge in [0.05, 0.1) is 16.6 Å². The molecule has 14 rings (SSSR count). The Bertz CT molecular complexity index is 2590. The summed E-state index contributed by atoms with van der Waals surface area (Å²) in [5.74, 6) is 2.04. The van der Waals surface area contributed by atoms with Crippen molar-refractivity contribution in [3.63, 3.8) is 0 Å². The van der Waals surface area contributed by atoms with E-state index < -0.39 is 0 Å². The summed E-state index contributed by atoms with van der Waals surface area (Å²) in [4.78, 5) is 26.9. The molecule has 3 nitrogen and oxygen atoms in total. The summed E-state index contributed by atoms with van der Waals surface area (Å²) < 4.78 is 2.42. The number of rotatable bonds is 0. The van der Waals surface area contributed by atoms with Gasteiger partial charge in [-0.2, -0.15) is 0 Å². The molecule has 0 atom stereocenters. The van der Waals surface area contributed by atoms with Crippen molar-refractivity contribution in [2.24, 2.45) is 11.8 Å². The zero-order chi connectivity index (χ0) is 26.5. The average Bonchev–Trinajstić information content (AvgIpc) is 3.56. The Labute approximate surface area is 234 Å². The third-order valence-electron chi connectivity index (χ3n) is 11.8. The van der Waals surface area contributed by atoms with E-state index in [1.165, 1.54) is 70.5 Å². The van der Waals surface area contributed by atoms with E-state index in [2.05, 4.69) is 71.1 Å². The Morgan fingerprint density at radius 3 is 1.68 bits per heavy atom. The van der Waals surface area contributed by atoms with E-state index in [9.17, 15) is 9.59 Å². The molecule has 6 aliphatic rings. The number of nitrogens with zero attached hydrogens (tertiary/aromatic N) is 1. The van der Waals surface area contributed by atoms with E-state index in [0.29, 0.717) is 23.4 Å². The first-order valence-corrected chi connectivity index (χ1v) is 15.1. The van der Waals surface area contributed by atoms with E-state index in [1.54, 1.807) is 0 Å². The predicted molar refractivity (Wildman–Crippen MR) is 164 cm³/mol. The van der Waals surface area contributed by atoms with Crippen LogP contribution in [0.4, 0.5) is 0 Å². The van der Waals surface area contributed by atoms with Crippen LogP contribution in [0.1, 0.15) is 69.4 Å². The smallest absolute Gasteiger partial charge is 0.166 e. The number of Topliss-reactive ketones (excluding diaryl/α,β-unsaturated/α-hetero) is 2. The molecule has 4 bridgehead atoms. The molecule has 2 aromatic heterocycles. The van der Waals surface area contributed by atoms with Crippen molar-refractivity contribution in [1.82, 2.24) is 4.40 Å². The maximum Gasteiger partial charge on any atom is 0.166 e. The highest BCUT2D eigenvalue weighted by molar-refractivity contribution is 6.46. The van der Waals surface area contributed by atoms with Crippen molar-refractivity contribution < 1.29 is 9.59 Å². The molecule has 6 aromatic carbocycles. The highest BCUT2D eigenvalue weighted by Gasteiger charge is 2.45. The highest BCUT2D eigenvalue weighted by atomic mass is 16.1. The first-order chi connectivity index (χ1) is 20.2. The van der Waals surface area contributed by atoms with Gasteiger partial charge >= 0.3 is 0 Å². The van der Waals surface area contributed by atoms with Crippen molar-refractivity contribution in [3.05, 3.63) is 89.0 Å². The van der Waals surface area contributed by atoms with Gasteiger partial charge in [-0.1, -0.05) is 42.5 Å². The number of hydrogen-bond acceptors (Lipinski definition) is 2. The molecule has 0 radical (unpaired) electrons. The number of hydrogen-bond donors (Lipinski definition) is 0. The van der Waals surface area contributed by atoms with E-state index in [1.807, 2.05) is 0 Å². The second kappa shape index (κ2) is 6.21. The maximum absolute atomic E-state index is 13.5. The highest BCUT2D eigenvalue weighted by Crippen LogP contribution is 2.56. The van der Waals surface area contributed by atoms with Gasteiger partial charge in [0.1, 0.15) is 0 Å². The molecule has 2 saturated carbocycles. The molecule has 0 amide bonds. The molecule has 3 heteroatoms. The van der Waals surface area contributed by atoms with Gasteiger partial charge in [0.15, 0.2) is 11.6 Å². The fourth-order valence-corrected chi connectivity index (χ4v) is 9.78. The molecule has 0 aliphatic heterocycles. The van der Waals surface area contributed by atoms with E-state index in [0.717, 1.165) is 47.8 Å². The Balaban J connectivity index is 1.41. The topological polar surface area (TPSA) is 38.5 Å². The van der Waals surface area contributed by atoms with Crippen LogP contribution in [0.5, 0.6) is 0 Å². The zero-order valence-electron chi connectivity index (χ0n) is 22.3. The second-order valence-corrected chi connectivity index (χ2v) is 13.5. The van der Waals surface area contributed by atoms with Gasteiger partial charge in [0, 0.05) is 49.9 Å². The van der Waals surface area contributed by atoms with Crippen LogP contribution < -0.4 is 0 Å². The normalized spacial score (nSPS) is 24.8. The Morgan fingerprint density at radius 1 is 0.488 bits per heavy atom. The minimum absolute atomic E-state index is 0.196. The monoisotopic (exact) mass is 525 g/mol. The minimum Gasteiger partial charge on any atom is -0.308 e. The van der Waals surface area contributed by atoms with Crippen LogP contribution >= 0.6 is 0 Å². The van der Waals surface area contributed by atoms with Crippen LogP contribution in [0.25, 0.3) is 70.4 Å². The van der Waals surface area contributed by atoms with Gasteiger partial charge in [-0.15, -0.1) is 0 Å². The quantitative estimate of drug-likeness (QED) is 0.198. The summed E-state index contributed by atoms with van der Waals surface area (Å²) in [6, 6.07) is 24.8. The van der Waals surface area contributed by atoms with E-state index in [-0.39, 0.29) is 11.8 Å². The van der Waals surface area contributed by atoms with Crippen LogP contribution in [-0.4, -0.2) is 16.0 Å². The van der Waals surface area contributed by atoms with Gasteiger partial charge in [-0.3, -0.25) is 9.59 Å². The van der Waals surface area contributed by atoms with E-state index in [4.69, 9.17) is 0 Å². The van der Waals surface area contributed by atoms with Gasteiger partial charge in [-0.05, 0) is 99.8 Å². The number of fused-ring (bicyclic) bond motifs is 11. The standard InChI is InChI=1S/C38H23NO2/c40-37-18-8-16(9-18)24-12-28-30(14-26(24)37)39-31-15-27-25(17-10-19(11-17)38(27)41)13-29(31)35-34-22-5-2-1-4-20(22)21-6-3-7-23(32(21)34)33(28)36(35)39/h1-7,12-19H,8-11H2. The lowest BCUT2D eigenvalue weighted by Gasteiger charge is -2.41. The fraction of sp³-hybridized carbons (Fsp3) is 0.211. The molecule has 0 unspecified atom stereocenters. The summed E-state index contributed by atoms with van der Waals surface area (Å²) in [6.45, 7) is 0. The number of carbonyl (C=O) groups excluding carboxylic acids is 2. The van der Waals surface area contributed by atoms with Gasteiger partial charge < -0.3 is 4.40 Å². The van der Waals surface area contributed by atoms with E-state index >= 15 is 0 Å². The Kier molecular flexibility index (Phi) is 3.09. The van der Waals surface area contributed by atoms with Crippen LogP contribution in [0.2, 0.25) is 0 Å². The summed E-state index contributed by atoms with van der Waals surface area (Å²) >= 11 is 0. The summed E-state index contributed by atoms with van der Waals surface area (Å²) in [5, 5.41) is 13.0. The first-order valence-electron chi connectivity index (χ1n) is 15.1. The van der Waals surface area contributed by atoms with Crippen molar-refractivity contribution >= 4 is 82.0 Å². The van der Waals surface area contributed by atoms with Crippen molar-refractivity contribution in [2.75, 3.05) is 0 Å². The predicted octanol–water partition coefficient (Wildman–Crippen LogP) is 9.11. The number of benzene rings is 5. The number of ketones is 2. The summed E-state index contributed by atoms with van der Waals surface area (Å²) in [6.07, 6.45) is 4.02. The lowest BCUT2D eigenvalue weighted by molar-refractivity contribution is 0.0786. The molecular formula is C38H23NO2. The molecule has 6 aliphatic carbocycles. The minimum atomic E-state index is 0.196. The average molecular weight is 526 g/mol. The molecule has 192 valence electrons. The molecule has 8 aromatic rings. The number of aromatic nitrogens is 1. The molecule has 0 spiro atoms. The summed E-state index contributed by atoms with van der Waals surface area (Å²) in [5.41, 5.74) is 7.82. The van der Waals surface area contributed by atoms with Crippen molar-refractivity contribution in [3.8, 4) is 0 Å². The van der Waals surface area contributed by atoms with Crippen LogP contribution in [0.15, 0.2) is 66.7 Å². The SMILES string of the molecule is O=C1c2cc3c(cc2C2CC1C2)c1c2cccc4c5ccccc5c(c42)c2c4cc5c(cc4n3c12)C(=O)C1CC5C1. The zero-order valence-corrected chi connectivity index (χ0v) is 22.3. The number of carbonyl (C=O) groups is 2. The molecular weight excluding hydrogens is 502 g/mol. The van der Waals surface area contributed by atoms with Crippen molar-refractivity contribution in [2.45, 2.75) is 37.5 Å². The maximum atomic E-state index is 13.5.